The molecule has 1 heterocycles. The molecule has 5 nitrogen and oxygen atoms in total. The Balaban J connectivity index is 1.17. The molecule has 0 saturated carbocycles. The molecule has 0 aliphatic rings. The van der Waals surface area contributed by atoms with Gasteiger partial charge >= 0.3 is 0 Å². The van der Waals surface area contributed by atoms with Crippen molar-refractivity contribution in [2.24, 2.45) is 0 Å². The molecular weight excluding hydrogens is 466 g/mol. The monoisotopic (exact) mass is 493 g/mol. The molecule has 0 aliphatic carbocycles. The zero-order chi connectivity index (χ0) is 23.8. The maximum atomic E-state index is 12.7. The van der Waals surface area contributed by atoms with Gasteiger partial charge in [0.25, 0.3) is 0 Å². The van der Waals surface area contributed by atoms with Crippen LogP contribution in [0, 0.1) is 0 Å². The second kappa shape index (κ2) is 11.6. The number of benzene rings is 3. The van der Waals surface area contributed by atoms with Crippen LogP contribution in [0.25, 0.3) is 21.9 Å². The third-order valence-corrected chi connectivity index (χ3v) is 7.53. The lowest BCUT2D eigenvalue weighted by molar-refractivity contribution is 0.568. The van der Waals surface area contributed by atoms with Crippen LogP contribution in [-0.4, -0.2) is 26.5 Å². The van der Waals surface area contributed by atoms with Gasteiger partial charge in [0.15, 0.2) is 0 Å². The van der Waals surface area contributed by atoms with Crippen LogP contribution in [0.5, 0.6) is 0 Å². The molecule has 0 spiro atoms. The highest BCUT2D eigenvalue weighted by Crippen LogP contribution is 2.28. The third-order valence-electron chi connectivity index (χ3n) is 5.70. The largest absolute Gasteiger partial charge is 0.313 e. The van der Waals surface area contributed by atoms with E-state index in [4.69, 9.17) is 11.6 Å². The van der Waals surface area contributed by atoms with Gasteiger partial charge in [-0.2, -0.15) is 0 Å². The SMILES string of the molecule is O=S(=O)(NCCCCCNCc1ccc(-c2ccccc2)c(Cl)c1)c1cccc2cnccc12. The van der Waals surface area contributed by atoms with Crippen LogP contribution in [-0.2, 0) is 16.6 Å². The molecule has 3 aromatic carbocycles. The van der Waals surface area contributed by atoms with Gasteiger partial charge in [-0.15, -0.1) is 0 Å². The molecule has 34 heavy (non-hydrogen) atoms. The summed E-state index contributed by atoms with van der Waals surface area (Å²) in [5.74, 6) is 0. The maximum Gasteiger partial charge on any atom is 0.241 e. The van der Waals surface area contributed by atoms with Crippen LogP contribution in [0.3, 0.4) is 0 Å². The van der Waals surface area contributed by atoms with Crippen LogP contribution in [0.15, 0.2) is 90.1 Å². The topological polar surface area (TPSA) is 71.1 Å². The average Bonchev–Trinajstić information content (AvgIpc) is 2.86. The molecule has 4 aromatic rings. The lowest BCUT2D eigenvalue weighted by Gasteiger charge is -2.10. The fourth-order valence-electron chi connectivity index (χ4n) is 3.92. The van der Waals surface area contributed by atoms with Gasteiger partial charge in [-0.1, -0.05) is 72.6 Å². The number of unbranched alkanes of at least 4 members (excludes halogenated alkanes) is 2. The summed E-state index contributed by atoms with van der Waals surface area (Å²) in [4.78, 5) is 4.36. The Bertz CT molecular complexity index is 1340. The van der Waals surface area contributed by atoms with Gasteiger partial charge in [-0.3, -0.25) is 4.98 Å². The van der Waals surface area contributed by atoms with Crippen molar-refractivity contribution in [2.75, 3.05) is 13.1 Å². The van der Waals surface area contributed by atoms with Gasteiger partial charge in [0, 0.05) is 46.8 Å². The molecule has 2 N–H and O–H groups in total. The molecule has 0 radical (unpaired) electrons. The summed E-state index contributed by atoms with van der Waals surface area (Å²) < 4.78 is 28.2. The van der Waals surface area contributed by atoms with E-state index in [1.165, 1.54) is 0 Å². The van der Waals surface area contributed by atoms with Crippen molar-refractivity contribution in [3.05, 3.63) is 95.8 Å². The lowest BCUT2D eigenvalue weighted by Crippen LogP contribution is -2.25. The normalized spacial score (nSPS) is 11.7. The van der Waals surface area contributed by atoms with E-state index in [9.17, 15) is 8.42 Å². The van der Waals surface area contributed by atoms with Gasteiger partial charge in [0.1, 0.15) is 0 Å². The van der Waals surface area contributed by atoms with Gasteiger partial charge in [-0.05, 0) is 48.7 Å². The molecule has 176 valence electrons. The minimum atomic E-state index is -3.55. The van der Waals surface area contributed by atoms with Crippen LogP contribution in [0.2, 0.25) is 5.02 Å². The predicted octanol–water partition coefficient (Wildman–Crippen LogP) is 5.79. The van der Waals surface area contributed by atoms with E-state index >= 15 is 0 Å². The molecule has 0 amide bonds. The maximum absolute atomic E-state index is 12.7. The number of nitrogens with zero attached hydrogens (tertiary/aromatic N) is 1. The Kier molecular flexibility index (Phi) is 8.29. The Morgan fingerprint density at radius 1 is 0.853 bits per heavy atom. The van der Waals surface area contributed by atoms with Gasteiger partial charge < -0.3 is 5.32 Å². The van der Waals surface area contributed by atoms with Gasteiger partial charge in [0.2, 0.25) is 10.0 Å². The molecule has 7 heteroatoms. The highest BCUT2D eigenvalue weighted by Gasteiger charge is 2.16. The van der Waals surface area contributed by atoms with Crippen molar-refractivity contribution >= 4 is 32.4 Å². The van der Waals surface area contributed by atoms with Crippen molar-refractivity contribution in [1.29, 1.82) is 0 Å². The number of hydrogen-bond acceptors (Lipinski definition) is 4. The van der Waals surface area contributed by atoms with E-state index in [2.05, 4.69) is 39.3 Å². The molecule has 0 bridgehead atoms. The summed E-state index contributed by atoms with van der Waals surface area (Å²) in [6.45, 7) is 2.03. The Morgan fingerprint density at radius 2 is 1.68 bits per heavy atom. The highest BCUT2D eigenvalue weighted by molar-refractivity contribution is 7.89. The minimum absolute atomic E-state index is 0.297. The first-order valence-electron chi connectivity index (χ1n) is 11.4. The number of aromatic nitrogens is 1. The van der Waals surface area contributed by atoms with Crippen molar-refractivity contribution < 1.29 is 8.42 Å². The summed E-state index contributed by atoms with van der Waals surface area (Å²) >= 11 is 6.49. The van der Waals surface area contributed by atoms with Crippen molar-refractivity contribution in [3.63, 3.8) is 0 Å². The third kappa shape index (κ3) is 6.21. The fourth-order valence-corrected chi connectivity index (χ4v) is 5.53. The summed E-state index contributed by atoms with van der Waals surface area (Å²) in [5.41, 5.74) is 3.29. The lowest BCUT2D eigenvalue weighted by atomic mass is 10.0. The van der Waals surface area contributed by atoms with Crippen molar-refractivity contribution in [2.45, 2.75) is 30.7 Å². The van der Waals surface area contributed by atoms with Crippen molar-refractivity contribution in [3.8, 4) is 11.1 Å². The second-order valence-electron chi connectivity index (χ2n) is 8.17. The summed E-state index contributed by atoms with van der Waals surface area (Å²) in [6, 6.07) is 23.3. The van der Waals surface area contributed by atoms with Crippen LogP contribution >= 0.6 is 11.6 Å². The molecule has 0 aliphatic heterocycles. The second-order valence-corrected chi connectivity index (χ2v) is 10.3. The summed E-state index contributed by atoms with van der Waals surface area (Å²) in [7, 11) is -3.55. The first-order chi connectivity index (χ1) is 16.5. The number of hydrogen-bond donors (Lipinski definition) is 2. The van der Waals surface area contributed by atoms with Gasteiger partial charge in [-0.25, -0.2) is 13.1 Å². The molecule has 0 unspecified atom stereocenters. The van der Waals surface area contributed by atoms with E-state index in [0.29, 0.717) is 16.8 Å². The zero-order valence-corrected chi connectivity index (χ0v) is 20.4. The van der Waals surface area contributed by atoms with E-state index < -0.39 is 10.0 Å². The van der Waals surface area contributed by atoms with E-state index in [1.54, 1.807) is 30.6 Å². The number of nitrogens with one attached hydrogen (secondary N) is 2. The number of rotatable bonds is 11. The smallest absolute Gasteiger partial charge is 0.241 e. The number of halogens is 1. The van der Waals surface area contributed by atoms with E-state index in [1.807, 2.05) is 30.3 Å². The molecule has 0 atom stereocenters. The van der Waals surface area contributed by atoms with E-state index in [-0.39, 0.29) is 0 Å². The predicted molar refractivity (Wildman–Crippen MR) is 139 cm³/mol. The van der Waals surface area contributed by atoms with Gasteiger partial charge in [0.05, 0.1) is 4.90 Å². The first-order valence-corrected chi connectivity index (χ1v) is 13.3. The quantitative estimate of drug-likeness (QED) is 0.259. The standard InChI is InChI=1S/C27H28ClN3O2S/c28-26-18-21(12-13-24(26)22-8-3-1-4-9-22)19-29-15-5-2-6-16-31-34(32,33)27-11-7-10-23-20-30-17-14-25(23)27/h1,3-4,7-14,17-18,20,29,31H,2,5-6,15-16,19H2. The number of pyridine rings is 1. The number of sulfonamides is 1. The molecule has 4 rings (SSSR count). The van der Waals surface area contributed by atoms with E-state index in [0.717, 1.165) is 59.5 Å². The molecule has 0 fully saturated rings. The Labute approximate surface area is 206 Å². The molecule has 0 saturated heterocycles. The number of fused-ring (bicyclic) bond motifs is 1. The van der Waals surface area contributed by atoms with Crippen molar-refractivity contribution in [1.82, 2.24) is 15.0 Å². The summed E-state index contributed by atoms with van der Waals surface area (Å²) in [6.07, 6.45) is 5.97. The highest BCUT2D eigenvalue weighted by atomic mass is 35.5. The zero-order valence-electron chi connectivity index (χ0n) is 18.9. The van der Waals surface area contributed by atoms with Crippen LogP contribution in [0.1, 0.15) is 24.8 Å². The summed E-state index contributed by atoms with van der Waals surface area (Å²) in [5, 5.41) is 5.69. The first kappa shape index (κ1) is 24.4. The Hall–Kier alpha value is -2.77. The van der Waals surface area contributed by atoms with Crippen LogP contribution < -0.4 is 10.0 Å². The fraction of sp³-hybridized carbons (Fsp3) is 0.222. The molecule has 1 aromatic heterocycles. The Morgan fingerprint density at radius 3 is 2.50 bits per heavy atom. The minimum Gasteiger partial charge on any atom is -0.313 e. The molecular formula is C27H28ClN3O2S. The average molecular weight is 494 g/mol. The van der Waals surface area contributed by atoms with Crippen LogP contribution in [0.4, 0.5) is 0 Å².